The van der Waals surface area contributed by atoms with E-state index < -0.39 is 23.9 Å². The number of methoxy groups -OCH3 is 1. The van der Waals surface area contributed by atoms with Crippen molar-refractivity contribution in [1.29, 1.82) is 0 Å². The molecule has 0 aromatic heterocycles. The Labute approximate surface area is 162 Å². The molecule has 1 heterocycles. The van der Waals surface area contributed by atoms with Crippen molar-refractivity contribution in [3.05, 3.63) is 53.1 Å². The Morgan fingerprint density at radius 2 is 2.04 bits per heavy atom. The molecular weight excluding hydrogens is 370 g/mol. The first-order valence-corrected chi connectivity index (χ1v) is 8.91. The minimum atomic E-state index is -0.955. The maximum atomic E-state index is 12.4. The van der Waals surface area contributed by atoms with Crippen LogP contribution in [-0.4, -0.2) is 31.7 Å². The Hall–Kier alpha value is -2.73. The highest BCUT2D eigenvalue weighted by Gasteiger charge is 2.30. The van der Waals surface area contributed by atoms with Gasteiger partial charge in [0.05, 0.1) is 18.7 Å². The maximum Gasteiger partial charge on any atom is 0.313 e. The Balaban J connectivity index is 1.59. The molecule has 6 nitrogen and oxygen atoms in total. The molecule has 3 rings (SSSR count). The van der Waals surface area contributed by atoms with Crippen LogP contribution in [0.3, 0.4) is 0 Å². The summed E-state index contributed by atoms with van der Waals surface area (Å²) in [6, 6.07) is 12.3. The number of rotatable bonds is 5. The molecule has 2 atom stereocenters. The van der Waals surface area contributed by atoms with Crippen LogP contribution < -0.4 is 14.8 Å². The maximum absolute atomic E-state index is 12.4. The Kier molecular flexibility index (Phi) is 5.86. The molecule has 2 aromatic carbocycles. The van der Waals surface area contributed by atoms with Gasteiger partial charge in [0.15, 0.2) is 6.10 Å². The highest BCUT2D eigenvalue weighted by molar-refractivity contribution is 6.30. The van der Waals surface area contributed by atoms with Gasteiger partial charge in [0, 0.05) is 5.02 Å². The van der Waals surface area contributed by atoms with Crippen LogP contribution in [0.2, 0.25) is 5.02 Å². The van der Waals surface area contributed by atoms with Crippen molar-refractivity contribution in [2.75, 3.05) is 19.0 Å². The van der Waals surface area contributed by atoms with Gasteiger partial charge < -0.3 is 19.5 Å². The molecule has 0 radical (unpaired) electrons. The minimum absolute atomic E-state index is 0.203. The second-order valence-corrected chi connectivity index (χ2v) is 6.67. The van der Waals surface area contributed by atoms with E-state index in [1.165, 1.54) is 14.0 Å². The van der Waals surface area contributed by atoms with Crippen molar-refractivity contribution in [2.24, 2.45) is 5.92 Å². The fourth-order valence-electron chi connectivity index (χ4n) is 2.82. The number of amides is 1. The highest BCUT2D eigenvalue weighted by atomic mass is 35.5. The van der Waals surface area contributed by atoms with Crippen molar-refractivity contribution in [3.63, 3.8) is 0 Å². The third-order valence-corrected chi connectivity index (χ3v) is 4.52. The molecule has 2 aromatic rings. The smallest absolute Gasteiger partial charge is 0.313 e. The van der Waals surface area contributed by atoms with Crippen LogP contribution in [0.15, 0.2) is 42.5 Å². The zero-order valence-corrected chi connectivity index (χ0v) is 15.8. The van der Waals surface area contributed by atoms with Crippen molar-refractivity contribution < 1.29 is 23.8 Å². The predicted octanol–water partition coefficient (Wildman–Crippen LogP) is 3.47. The van der Waals surface area contributed by atoms with Crippen LogP contribution >= 0.6 is 11.6 Å². The Morgan fingerprint density at radius 3 is 2.81 bits per heavy atom. The van der Waals surface area contributed by atoms with E-state index in [4.69, 9.17) is 25.8 Å². The first kappa shape index (κ1) is 19.0. The fraction of sp³-hybridized carbons (Fsp3) is 0.300. The molecule has 1 aliphatic rings. The summed E-state index contributed by atoms with van der Waals surface area (Å²) < 4.78 is 16.1. The SMILES string of the molecule is COc1ccccc1NC(=O)[C@@H](C)OC(=O)[C@@H]1COc2ccc(Cl)cc2C1. The largest absolute Gasteiger partial charge is 0.495 e. The third-order valence-electron chi connectivity index (χ3n) is 4.29. The zero-order valence-electron chi connectivity index (χ0n) is 15.0. The van der Waals surface area contributed by atoms with Crippen LogP contribution in [0.5, 0.6) is 11.5 Å². The number of hydrogen-bond acceptors (Lipinski definition) is 5. The summed E-state index contributed by atoms with van der Waals surface area (Å²) in [6.07, 6.45) is -0.501. The molecule has 0 spiro atoms. The van der Waals surface area contributed by atoms with E-state index in [2.05, 4.69) is 5.32 Å². The van der Waals surface area contributed by atoms with E-state index in [1.807, 2.05) is 0 Å². The van der Waals surface area contributed by atoms with Crippen molar-refractivity contribution in [1.82, 2.24) is 0 Å². The lowest BCUT2D eigenvalue weighted by atomic mass is 9.97. The number of anilines is 1. The van der Waals surface area contributed by atoms with Gasteiger partial charge in [0.1, 0.15) is 18.1 Å². The Morgan fingerprint density at radius 1 is 1.26 bits per heavy atom. The number of fused-ring (bicyclic) bond motifs is 1. The summed E-state index contributed by atoms with van der Waals surface area (Å²) in [5.74, 6) is -0.169. The van der Waals surface area contributed by atoms with Gasteiger partial charge in [0.25, 0.3) is 5.91 Å². The molecular formula is C20H20ClNO5. The summed E-state index contributed by atoms with van der Waals surface area (Å²) in [6.45, 7) is 1.73. The second-order valence-electron chi connectivity index (χ2n) is 6.23. The molecule has 1 N–H and O–H groups in total. The van der Waals surface area contributed by atoms with E-state index in [0.717, 1.165) is 5.56 Å². The molecule has 0 bridgehead atoms. The van der Waals surface area contributed by atoms with Gasteiger partial charge in [-0.1, -0.05) is 23.7 Å². The summed E-state index contributed by atoms with van der Waals surface area (Å²) in [4.78, 5) is 24.8. The molecule has 0 aliphatic carbocycles. The van der Waals surface area contributed by atoms with Crippen molar-refractivity contribution >= 4 is 29.2 Å². The van der Waals surface area contributed by atoms with Gasteiger partial charge in [-0.2, -0.15) is 0 Å². The van der Waals surface area contributed by atoms with Crippen LogP contribution in [0.25, 0.3) is 0 Å². The normalized spacial score (nSPS) is 16.5. The van der Waals surface area contributed by atoms with Gasteiger partial charge in [-0.25, -0.2) is 0 Å². The molecule has 1 amide bonds. The quantitative estimate of drug-likeness (QED) is 0.792. The monoisotopic (exact) mass is 389 g/mol. The lowest BCUT2D eigenvalue weighted by Gasteiger charge is -2.25. The molecule has 27 heavy (non-hydrogen) atoms. The van der Waals surface area contributed by atoms with E-state index in [-0.39, 0.29) is 6.61 Å². The summed E-state index contributed by atoms with van der Waals surface area (Å²) >= 11 is 6.00. The first-order valence-electron chi connectivity index (χ1n) is 8.53. The minimum Gasteiger partial charge on any atom is -0.495 e. The number of ether oxygens (including phenoxy) is 3. The zero-order chi connectivity index (χ0) is 19.4. The van der Waals surface area contributed by atoms with E-state index in [1.54, 1.807) is 42.5 Å². The van der Waals surface area contributed by atoms with Crippen LogP contribution in [0.1, 0.15) is 12.5 Å². The van der Waals surface area contributed by atoms with E-state index >= 15 is 0 Å². The van der Waals surface area contributed by atoms with Gasteiger partial charge in [-0.15, -0.1) is 0 Å². The standard InChI is InChI=1S/C20H20ClNO5/c1-12(19(23)22-16-5-3-4-6-18(16)25-2)27-20(24)14-9-13-10-15(21)7-8-17(13)26-11-14/h3-8,10,12,14H,9,11H2,1-2H3,(H,22,23)/t12-,14+/m1/s1. The molecule has 1 aliphatic heterocycles. The molecule has 0 saturated carbocycles. The molecule has 0 unspecified atom stereocenters. The highest BCUT2D eigenvalue weighted by Crippen LogP contribution is 2.30. The fourth-order valence-corrected chi connectivity index (χ4v) is 3.02. The number of nitrogens with one attached hydrogen (secondary N) is 1. The second kappa shape index (κ2) is 8.31. The summed E-state index contributed by atoms with van der Waals surface area (Å²) in [5.41, 5.74) is 1.36. The van der Waals surface area contributed by atoms with Crippen LogP contribution in [0.4, 0.5) is 5.69 Å². The topological polar surface area (TPSA) is 73.9 Å². The summed E-state index contributed by atoms with van der Waals surface area (Å²) in [5, 5.41) is 3.28. The number of carbonyl (C=O) groups is 2. The Bertz CT molecular complexity index is 854. The number of hydrogen-bond donors (Lipinski definition) is 1. The molecule has 7 heteroatoms. The van der Waals surface area contributed by atoms with E-state index in [9.17, 15) is 9.59 Å². The van der Waals surface area contributed by atoms with Gasteiger partial charge in [-0.05, 0) is 49.2 Å². The average Bonchev–Trinajstić information content (AvgIpc) is 2.67. The van der Waals surface area contributed by atoms with E-state index in [0.29, 0.717) is 28.6 Å². The summed E-state index contributed by atoms with van der Waals surface area (Å²) in [7, 11) is 1.52. The number of para-hydroxylation sites is 2. The van der Waals surface area contributed by atoms with Gasteiger partial charge in [-0.3, -0.25) is 9.59 Å². The number of esters is 1. The average molecular weight is 390 g/mol. The lowest BCUT2D eigenvalue weighted by Crippen LogP contribution is -2.36. The van der Waals surface area contributed by atoms with Crippen LogP contribution in [-0.2, 0) is 20.7 Å². The number of halogens is 1. The predicted molar refractivity (Wildman–Crippen MR) is 101 cm³/mol. The lowest BCUT2D eigenvalue weighted by molar-refractivity contribution is -0.158. The third kappa shape index (κ3) is 4.52. The van der Waals surface area contributed by atoms with Crippen LogP contribution in [0, 0.1) is 5.92 Å². The molecule has 0 fully saturated rings. The molecule has 0 saturated heterocycles. The first-order chi connectivity index (χ1) is 13.0. The van der Waals surface area contributed by atoms with Crippen molar-refractivity contribution in [2.45, 2.75) is 19.4 Å². The number of benzene rings is 2. The van der Waals surface area contributed by atoms with Gasteiger partial charge in [0.2, 0.25) is 0 Å². The number of carbonyl (C=O) groups excluding carboxylic acids is 2. The van der Waals surface area contributed by atoms with Gasteiger partial charge >= 0.3 is 5.97 Å². The van der Waals surface area contributed by atoms with Crippen molar-refractivity contribution in [3.8, 4) is 11.5 Å². The molecule has 142 valence electrons.